The third-order valence-electron chi connectivity index (χ3n) is 4.74. The quantitative estimate of drug-likeness (QED) is 0.869. The zero-order valence-electron chi connectivity index (χ0n) is 13.3. The molecule has 0 aromatic heterocycles. The van der Waals surface area contributed by atoms with Crippen LogP contribution in [-0.2, 0) is 9.59 Å². The lowest BCUT2D eigenvalue weighted by atomic mass is 10.1. The van der Waals surface area contributed by atoms with E-state index in [1.54, 1.807) is 12.0 Å². The molecule has 0 unspecified atom stereocenters. The first-order chi connectivity index (χ1) is 11.1. The van der Waals surface area contributed by atoms with E-state index in [1.165, 1.54) is 0 Å². The number of hydrogen-bond donors (Lipinski definition) is 2. The summed E-state index contributed by atoms with van der Waals surface area (Å²) in [6.07, 6.45) is 3.01. The van der Waals surface area contributed by atoms with Crippen LogP contribution in [0.3, 0.4) is 0 Å². The molecular weight excluding hydrogens is 294 g/mol. The monoisotopic (exact) mass is 317 g/mol. The van der Waals surface area contributed by atoms with Gasteiger partial charge in [-0.05, 0) is 37.8 Å². The smallest absolute Gasteiger partial charge is 0.249 e. The van der Waals surface area contributed by atoms with Gasteiger partial charge in [-0.3, -0.25) is 9.59 Å². The van der Waals surface area contributed by atoms with Crippen molar-refractivity contribution >= 4 is 17.5 Å². The summed E-state index contributed by atoms with van der Waals surface area (Å²) in [5.74, 6) is 0.482. The predicted molar refractivity (Wildman–Crippen MR) is 87.2 cm³/mol. The van der Waals surface area contributed by atoms with Crippen molar-refractivity contribution in [2.45, 2.75) is 37.8 Å². The largest absolute Gasteiger partial charge is 0.495 e. The van der Waals surface area contributed by atoms with E-state index in [9.17, 15) is 9.59 Å². The average Bonchev–Trinajstić information content (AvgIpc) is 3.14. The molecule has 1 aliphatic heterocycles. The topological polar surface area (TPSA) is 84.7 Å². The molecular formula is C17H23N3O3. The first-order valence-corrected chi connectivity index (χ1v) is 8.10. The van der Waals surface area contributed by atoms with Crippen molar-refractivity contribution in [2.24, 2.45) is 11.7 Å². The highest BCUT2D eigenvalue weighted by atomic mass is 16.5. The summed E-state index contributed by atoms with van der Waals surface area (Å²) in [4.78, 5) is 26.6. The first kappa shape index (κ1) is 15.8. The lowest BCUT2D eigenvalue weighted by molar-refractivity contribution is -0.129. The van der Waals surface area contributed by atoms with E-state index >= 15 is 0 Å². The molecule has 2 aliphatic rings. The molecule has 2 fully saturated rings. The Labute approximate surface area is 136 Å². The van der Waals surface area contributed by atoms with Crippen molar-refractivity contribution in [1.82, 2.24) is 5.32 Å². The molecule has 6 heteroatoms. The van der Waals surface area contributed by atoms with Gasteiger partial charge < -0.3 is 20.7 Å². The van der Waals surface area contributed by atoms with Gasteiger partial charge in [0.15, 0.2) is 0 Å². The zero-order chi connectivity index (χ0) is 16.4. The number of anilines is 1. The van der Waals surface area contributed by atoms with Gasteiger partial charge in [0.2, 0.25) is 11.8 Å². The molecule has 1 aromatic rings. The van der Waals surface area contributed by atoms with E-state index in [1.807, 2.05) is 24.3 Å². The van der Waals surface area contributed by atoms with Crippen molar-refractivity contribution in [3.8, 4) is 5.75 Å². The minimum Gasteiger partial charge on any atom is -0.495 e. The summed E-state index contributed by atoms with van der Waals surface area (Å²) >= 11 is 0. The van der Waals surface area contributed by atoms with E-state index in [0.29, 0.717) is 25.1 Å². The summed E-state index contributed by atoms with van der Waals surface area (Å²) in [7, 11) is 1.59. The van der Waals surface area contributed by atoms with Crippen LogP contribution >= 0.6 is 0 Å². The van der Waals surface area contributed by atoms with Gasteiger partial charge in [-0.2, -0.15) is 0 Å². The van der Waals surface area contributed by atoms with Crippen molar-refractivity contribution in [1.29, 1.82) is 0 Å². The number of amides is 2. The number of para-hydroxylation sites is 2. The van der Waals surface area contributed by atoms with Crippen LogP contribution in [0.25, 0.3) is 0 Å². The number of ether oxygens (including phenoxy) is 1. The Morgan fingerprint density at radius 1 is 1.30 bits per heavy atom. The predicted octanol–water partition coefficient (Wildman–Crippen LogP) is 1.04. The van der Waals surface area contributed by atoms with Gasteiger partial charge in [0.1, 0.15) is 11.8 Å². The van der Waals surface area contributed by atoms with E-state index in [-0.39, 0.29) is 23.8 Å². The van der Waals surface area contributed by atoms with E-state index < -0.39 is 6.04 Å². The van der Waals surface area contributed by atoms with Gasteiger partial charge in [-0.15, -0.1) is 0 Å². The number of carbonyl (C=O) groups is 2. The number of nitrogens with zero attached hydrogens (tertiary/aromatic N) is 1. The molecule has 3 atom stereocenters. The second-order valence-corrected chi connectivity index (χ2v) is 6.28. The molecule has 6 nitrogen and oxygen atoms in total. The summed E-state index contributed by atoms with van der Waals surface area (Å²) in [6, 6.07) is 7.08. The minimum absolute atomic E-state index is 0.0434. The summed E-state index contributed by atoms with van der Waals surface area (Å²) < 4.78 is 5.32. The number of methoxy groups -OCH3 is 1. The molecule has 0 radical (unpaired) electrons. The zero-order valence-corrected chi connectivity index (χ0v) is 13.3. The lowest BCUT2D eigenvalue weighted by Gasteiger charge is -2.20. The molecule has 1 heterocycles. The summed E-state index contributed by atoms with van der Waals surface area (Å²) in [6.45, 7) is 0.578. The van der Waals surface area contributed by atoms with Gasteiger partial charge in [-0.1, -0.05) is 12.1 Å². The van der Waals surface area contributed by atoms with Crippen molar-refractivity contribution in [3.63, 3.8) is 0 Å². The molecule has 0 spiro atoms. The van der Waals surface area contributed by atoms with Crippen LogP contribution in [-0.4, -0.2) is 37.6 Å². The number of rotatable bonds is 4. The maximum atomic E-state index is 12.6. The molecule has 3 N–H and O–H groups in total. The van der Waals surface area contributed by atoms with Crippen LogP contribution < -0.4 is 20.7 Å². The number of benzene rings is 1. The summed E-state index contributed by atoms with van der Waals surface area (Å²) in [5.41, 5.74) is 6.61. The van der Waals surface area contributed by atoms with Crippen LogP contribution in [0.15, 0.2) is 24.3 Å². The first-order valence-electron chi connectivity index (χ1n) is 8.10. The number of nitrogens with one attached hydrogen (secondary N) is 1. The molecule has 1 saturated carbocycles. The fourth-order valence-electron chi connectivity index (χ4n) is 3.45. The Morgan fingerprint density at radius 2 is 2.09 bits per heavy atom. The van der Waals surface area contributed by atoms with Crippen LogP contribution in [0.1, 0.15) is 25.7 Å². The summed E-state index contributed by atoms with van der Waals surface area (Å²) in [5, 5.41) is 2.90. The molecule has 2 amide bonds. The highest BCUT2D eigenvalue weighted by Gasteiger charge is 2.37. The van der Waals surface area contributed by atoms with E-state index in [2.05, 4.69) is 5.32 Å². The third kappa shape index (κ3) is 3.17. The second kappa shape index (κ2) is 6.58. The van der Waals surface area contributed by atoms with Gasteiger partial charge in [0.25, 0.3) is 0 Å². The second-order valence-electron chi connectivity index (χ2n) is 6.28. The number of nitrogens with two attached hydrogens (primary N) is 1. The Morgan fingerprint density at radius 3 is 2.78 bits per heavy atom. The Kier molecular flexibility index (Phi) is 4.52. The molecule has 23 heavy (non-hydrogen) atoms. The highest BCUT2D eigenvalue weighted by molar-refractivity contribution is 6.02. The van der Waals surface area contributed by atoms with Gasteiger partial charge >= 0.3 is 0 Å². The van der Waals surface area contributed by atoms with Crippen LogP contribution in [0.2, 0.25) is 0 Å². The van der Waals surface area contributed by atoms with Gasteiger partial charge in [0.05, 0.1) is 12.8 Å². The van der Waals surface area contributed by atoms with Crippen molar-refractivity contribution in [2.75, 3.05) is 18.6 Å². The van der Waals surface area contributed by atoms with Crippen LogP contribution in [0.4, 0.5) is 5.69 Å². The number of carbonyl (C=O) groups excluding carboxylic acids is 2. The maximum absolute atomic E-state index is 12.6. The molecule has 1 aromatic carbocycles. The molecule has 1 saturated heterocycles. The Balaban J connectivity index is 1.66. The lowest BCUT2D eigenvalue weighted by Crippen LogP contribution is -2.43. The third-order valence-corrected chi connectivity index (χ3v) is 4.74. The van der Waals surface area contributed by atoms with Crippen molar-refractivity contribution in [3.05, 3.63) is 24.3 Å². The molecule has 1 aliphatic carbocycles. The standard InChI is InChI=1S/C17H23N3O3/c1-23-15-5-3-2-4-14(15)20-9-8-13(17(20)22)19-16(21)11-6-7-12(18)10-11/h2-5,11-13H,6-10,18H2,1H3,(H,19,21)/t11-,12+,13+/m1/s1. The molecule has 3 rings (SSSR count). The Bertz CT molecular complexity index is 605. The van der Waals surface area contributed by atoms with Gasteiger partial charge in [0, 0.05) is 18.5 Å². The fourth-order valence-corrected chi connectivity index (χ4v) is 3.45. The number of hydrogen-bond acceptors (Lipinski definition) is 4. The average molecular weight is 317 g/mol. The SMILES string of the molecule is COc1ccccc1N1CC[C@H](NC(=O)[C@@H]2CC[C@H](N)C2)C1=O. The van der Waals surface area contributed by atoms with E-state index in [4.69, 9.17) is 10.5 Å². The van der Waals surface area contributed by atoms with Crippen LogP contribution in [0.5, 0.6) is 5.75 Å². The maximum Gasteiger partial charge on any atom is 0.249 e. The highest BCUT2D eigenvalue weighted by Crippen LogP contribution is 2.31. The van der Waals surface area contributed by atoms with Crippen molar-refractivity contribution < 1.29 is 14.3 Å². The van der Waals surface area contributed by atoms with E-state index in [0.717, 1.165) is 18.5 Å². The molecule has 124 valence electrons. The van der Waals surface area contributed by atoms with Crippen LogP contribution in [0, 0.1) is 5.92 Å². The fraction of sp³-hybridized carbons (Fsp3) is 0.529. The van der Waals surface area contributed by atoms with Gasteiger partial charge in [-0.25, -0.2) is 0 Å². The Hall–Kier alpha value is -2.08. The minimum atomic E-state index is -0.454. The normalized spacial score (nSPS) is 27.3. The molecule has 0 bridgehead atoms.